The van der Waals surface area contributed by atoms with Gasteiger partial charge in [-0.2, -0.15) is 4.98 Å². The summed E-state index contributed by atoms with van der Waals surface area (Å²) < 4.78 is 44.1. The molecule has 0 aliphatic heterocycles. The molecule has 7 heteroatoms. The minimum absolute atomic E-state index is 0.0146. The lowest BCUT2D eigenvalue weighted by atomic mass is 10.1. The van der Waals surface area contributed by atoms with Gasteiger partial charge in [0.05, 0.1) is 0 Å². The molecule has 1 aliphatic rings. The Balaban J connectivity index is 1.82. The summed E-state index contributed by atoms with van der Waals surface area (Å²) in [5.41, 5.74) is 5.95. The SMILES string of the molecule is NC(Cc1nc(-c2cc(F)c(F)c(F)c2)no1)C1CC1. The summed E-state index contributed by atoms with van der Waals surface area (Å²) in [6.07, 6.45) is 2.61. The maximum absolute atomic E-state index is 13.1. The van der Waals surface area contributed by atoms with E-state index < -0.39 is 17.5 Å². The molecular weight excluding hydrogens is 271 g/mol. The van der Waals surface area contributed by atoms with Crippen LogP contribution in [0, 0.1) is 23.4 Å². The summed E-state index contributed by atoms with van der Waals surface area (Å²) in [5, 5.41) is 3.63. The zero-order chi connectivity index (χ0) is 14.3. The van der Waals surface area contributed by atoms with Crippen LogP contribution < -0.4 is 5.73 Å². The number of benzene rings is 1. The van der Waals surface area contributed by atoms with E-state index in [-0.39, 0.29) is 17.4 Å². The number of halogens is 3. The third-order valence-corrected chi connectivity index (χ3v) is 3.35. The van der Waals surface area contributed by atoms with E-state index in [1.165, 1.54) is 0 Å². The quantitative estimate of drug-likeness (QED) is 0.875. The summed E-state index contributed by atoms with van der Waals surface area (Å²) in [7, 11) is 0. The Bertz CT molecular complexity index is 617. The van der Waals surface area contributed by atoms with Gasteiger partial charge in [0, 0.05) is 18.0 Å². The first-order valence-electron chi connectivity index (χ1n) is 6.27. The topological polar surface area (TPSA) is 64.9 Å². The summed E-state index contributed by atoms with van der Waals surface area (Å²) >= 11 is 0. The first-order chi connectivity index (χ1) is 9.54. The molecule has 0 spiro atoms. The molecule has 0 radical (unpaired) electrons. The average molecular weight is 283 g/mol. The van der Waals surface area contributed by atoms with E-state index in [9.17, 15) is 13.2 Å². The lowest BCUT2D eigenvalue weighted by molar-refractivity contribution is 0.363. The molecule has 2 aromatic rings. The van der Waals surface area contributed by atoms with Crippen LogP contribution >= 0.6 is 0 Å². The summed E-state index contributed by atoms with van der Waals surface area (Å²) in [4.78, 5) is 4.03. The largest absolute Gasteiger partial charge is 0.339 e. The Labute approximate surface area is 112 Å². The van der Waals surface area contributed by atoms with Gasteiger partial charge in [0.25, 0.3) is 0 Å². The number of nitrogens with zero attached hydrogens (tertiary/aromatic N) is 2. The van der Waals surface area contributed by atoms with Gasteiger partial charge in [-0.1, -0.05) is 5.16 Å². The van der Waals surface area contributed by atoms with E-state index in [0.29, 0.717) is 18.2 Å². The van der Waals surface area contributed by atoms with Gasteiger partial charge < -0.3 is 10.3 Å². The van der Waals surface area contributed by atoms with E-state index in [2.05, 4.69) is 10.1 Å². The molecule has 0 saturated heterocycles. The van der Waals surface area contributed by atoms with E-state index >= 15 is 0 Å². The van der Waals surface area contributed by atoms with Crippen molar-refractivity contribution in [1.82, 2.24) is 10.1 Å². The normalized spacial score (nSPS) is 16.4. The van der Waals surface area contributed by atoms with Crippen molar-refractivity contribution in [2.75, 3.05) is 0 Å². The first kappa shape index (κ1) is 13.1. The van der Waals surface area contributed by atoms with Crippen LogP contribution in [0.5, 0.6) is 0 Å². The fourth-order valence-corrected chi connectivity index (χ4v) is 2.03. The van der Waals surface area contributed by atoms with E-state index in [1.54, 1.807) is 0 Å². The number of aromatic nitrogens is 2. The Kier molecular flexibility index (Phi) is 3.21. The van der Waals surface area contributed by atoms with Crippen molar-refractivity contribution in [1.29, 1.82) is 0 Å². The number of hydrogen-bond donors (Lipinski definition) is 1. The molecular formula is C13H12F3N3O. The molecule has 106 valence electrons. The molecule has 1 fully saturated rings. The summed E-state index contributed by atoms with van der Waals surface area (Å²) in [5.74, 6) is -3.30. The van der Waals surface area contributed by atoms with Gasteiger partial charge in [-0.25, -0.2) is 13.2 Å². The van der Waals surface area contributed by atoms with Gasteiger partial charge in [-0.3, -0.25) is 0 Å². The van der Waals surface area contributed by atoms with Crippen molar-refractivity contribution >= 4 is 0 Å². The molecule has 1 atom stereocenters. The van der Waals surface area contributed by atoms with E-state index in [0.717, 1.165) is 25.0 Å². The van der Waals surface area contributed by atoms with Crippen molar-refractivity contribution < 1.29 is 17.7 Å². The van der Waals surface area contributed by atoms with E-state index in [1.807, 2.05) is 0 Å². The Morgan fingerprint density at radius 2 is 1.90 bits per heavy atom. The summed E-state index contributed by atoms with van der Waals surface area (Å²) in [6, 6.07) is 1.60. The van der Waals surface area contributed by atoms with Crippen molar-refractivity contribution in [3.63, 3.8) is 0 Å². The molecule has 1 unspecified atom stereocenters. The first-order valence-corrected chi connectivity index (χ1v) is 6.27. The predicted molar refractivity (Wildman–Crippen MR) is 64.0 cm³/mol. The average Bonchev–Trinajstić information content (AvgIpc) is 3.16. The molecule has 1 aliphatic carbocycles. The molecule has 1 aromatic carbocycles. The fourth-order valence-electron chi connectivity index (χ4n) is 2.03. The van der Waals surface area contributed by atoms with Crippen molar-refractivity contribution in [2.45, 2.75) is 25.3 Å². The highest BCUT2D eigenvalue weighted by Crippen LogP contribution is 2.33. The van der Waals surface area contributed by atoms with Gasteiger partial charge in [0.2, 0.25) is 11.7 Å². The monoisotopic (exact) mass is 283 g/mol. The van der Waals surface area contributed by atoms with E-state index in [4.69, 9.17) is 10.3 Å². The molecule has 0 amide bonds. The smallest absolute Gasteiger partial charge is 0.228 e. The molecule has 3 rings (SSSR count). The Hall–Kier alpha value is -1.89. The summed E-state index contributed by atoms with van der Waals surface area (Å²) in [6.45, 7) is 0. The zero-order valence-electron chi connectivity index (χ0n) is 10.4. The number of hydrogen-bond acceptors (Lipinski definition) is 4. The second-order valence-electron chi connectivity index (χ2n) is 4.97. The van der Waals surface area contributed by atoms with Crippen LogP contribution in [0.4, 0.5) is 13.2 Å². The highest BCUT2D eigenvalue weighted by molar-refractivity contribution is 5.54. The van der Waals surface area contributed by atoms with Gasteiger partial charge in [0.15, 0.2) is 17.5 Å². The standard InChI is InChI=1S/C13H12F3N3O/c14-8-3-7(4-9(15)12(8)16)13-18-11(20-19-13)5-10(17)6-1-2-6/h3-4,6,10H,1-2,5,17H2. The third-order valence-electron chi connectivity index (χ3n) is 3.35. The van der Waals surface area contributed by atoms with Crippen LogP contribution in [0.15, 0.2) is 16.7 Å². The molecule has 1 aromatic heterocycles. The van der Waals surface area contributed by atoms with Crippen LogP contribution in [0.1, 0.15) is 18.7 Å². The van der Waals surface area contributed by atoms with Crippen molar-refractivity contribution in [3.05, 3.63) is 35.5 Å². The van der Waals surface area contributed by atoms with Crippen LogP contribution in [-0.4, -0.2) is 16.2 Å². The Morgan fingerprint density at radius 3 is 2.50 bits per heavy atom. The fraction of sp³-hybridized carbons (Fsp3) is 0.385. The van der Waals surface area contributed by atoms with Gasteiger partial charge in [-0.05, 0) is 30.9 Å². The molecule has 0 bridgehead atoms. The van der Waals surface area contributed by atoms with Gasteiger partial charge in [-0.15, -0.1) is 0 Å². The second-order valence-corrected chi connectivity index (χ2v) is 4.97. The molecule has 4 nitrogen and oxygen atoms in total. The van der Waals surface area contributed by atoms with Crippen LogP contribution in [-0.2, 0) is 6.42 Å². The Morgan fingerprint density at radius 1 is 1.25 bits per heavy atom. The van der Waals surface area contributed by atoms with Crippen LogP contribution in [0.25, 0.3) is 11.4 Å². The minimum atomic E-state index is -1.52. The zero-order valence-corrected chi connectivity index (χ0v) is 10.4. The highest BCUT2D eigenvalue weighted by Gasteiger charge is 2.29. The maximum Gasteiger partial charge on any atom is 0.228 e. The molecule has 2 N–H and O–H groups in total. The molecule has 1 saturated carbocycles. The molecule has 20 heavy (non-hydrogen) atoms. The third kappa shape index (κ3) is 2.53. The predicted octanol–water partition coefficient (Wildman–Crippen LogP) is 2.43. The van der Waals surface area contributed by atoms with Gasteiger partial charge in [0.1, 0.15) is 0 Å². The highest BCUT2D eigenvalue weighted by atomic mass is 19.2. The van der Waals surface area contributed by atoms with Crippen molar-refractivity contribution in [3.8, 4) is 11.4 Å². The lowest BCUT2D eigenvalue weighted by Crippen LogP contribution is -2.25. The van der Waals surface area contributed by atoms with Crippen LogP contribution in [0.3, 0.4) is 0 Å². The number of nitrogens with two attached hydrogens (primary N) is 1. The molecule has 1 heterocycles. The van der Waals surface area contributed by atoms with Gasteiger partial charge >= 0.3 is 0 Å². The van der Waals surface area contributed by atoms with Crippen LogP contribution in [0.2, 0.25) is 0 Å². The lowest BCUT2D eigenvalue weighted by Gasteiger charge is -2.04. The number of rotatable bonds is 4. The maximum atomic E-state index is 13.1. The second kappa shape index (κ2) is 4.90. The minimum Gasteiger partial charge on any atom is -0.339 e. The van der Waals surface area contributed by atoms with Crippen molar-refractivity contribution in [2.24, 2.45) is 11.7 Å².